The molecule has 3 N–H and O–H groups in total. The Labute approximate surface area is 123 Å². The molecular formula is C16H20N2O3. The molecule has 0 spiro atoms. The molecule has 112 valence electrons. The lowest BCUT2D eigenvalue weighted by Gasteiger charge is -2.28. The predicted molar refractivity (Wildman–Crippen MR) is 77.6 cm³/mol. The zero-order valence-electron chi connectivity index (χ0n) is 11.8. The Morgan fingerprint density at radius 2 is 1.86 bits per heavy atom. The van der Waals surface area contributed by atoms with Crippen LogP contribution in [0.25, 0.3) is 0 Å². The second-order valence-corrected chi connectivity index (χ2v) is 6.04. The number of carboxylic acid groups (broad SMARTS) is 1. The molecule has 4 unspecified atom stereocenters. The van der Waals surface area contributed by atoms with E-state index in [-0.39, 0.29) is 18.0 Å². The van der Waals surface area contributed by atoms with Crippen LogP contribution >= 0.6 is 0 Å². The second-order valence-electron chi connectivity index (χ2n) is 6.04. The van der Waals surface area contributed by atoms with Gasteiger partial charge in [-0.25, -0.2) is 4.79 Å². The zero-order chi connectivity index (χ0) is 14.8. The summed E-state index contributed by atoms with van der Waals surface area (Å²) in [5.74, 6) is -0.660. The predicted octanol–water partition coefficient (Wildman–Crippen LogP) is 1.99. The van der Waals surface area contributed by atoms with Crippen LogP contribution in [0.5, 0.6) is 0 Å². The minimum absolute atomic E-state index is 0.225. The first-order valence-electron chi connectivity index (χ1n) is 7.46. The highest BCUT2D eigenvalue weighted by molar-refractivity contribution is 5.77. The van der Waals surface area contributed by atoms with Crippen LogP contribution in [0.2, 0.25) is 0 Å². The molecule has 1 aromatic carbocycles. The van der Waals surface area contributed by atoms with Crippen molar-refractivity contribution in [1.29, 1.82) is 0 Å². The van der Waals surface area contributed by atoms with Crippen molar-refractivity contribution in [3.8, 4) is 0 Å². The fourth-order valence-corrected chi connectivity index (χ4v) is 3.83. The Balaban J connectivity index is 1.56. The molecule has 0 aromatic heterocycles. The van der Waals surface area contributed by atoms with E-state index in [0.717, 1.165) is 24.8 Å². The molecule has 2 aliphatic carbocycles. The number of nitrogens with one attached hydrogen (secondary N) is 2. The third kappa shape index (κ3) is 2.86. The molecule has 21 heavy (non-hydrogen) atoms. The molecule has 5 heteroatoms. The number of hydrogen-bond acceptors (Lipinski definition) is 2. The quantitative estimate of drug-likeness (QED) is 0.792. The lowest BCUT2D eigenvalue weighted by molar-refractivity contribution is -0.144. The average molecular weight is 288 g/mol. The number of amides is 2. The first-order chi connectivity index (χ1) is 10.1. The van der Waals surface area contributed by atoms with Gasteiger partial charge in [-0.2, -0.15) is 0 Å². The highest BCUT2D eigenvalue weighted by Crippen LogP contribution is 2.48. The van der Waals surface area contributed by atoms with E-state index in [9.17, 15) is 14.7 Å². The van der Waals surface area contributed by atoms with Gasteiger partial charge in [0.15, 0.2) is 0 Å². The summed E-state index contributed by atoms with van der Waals surface area (Å²) in [6.07, 6.45) is 2.93. The summed E-state index contributed by atoms with van der Waals surface area (Å²) >= 11 is 0. The fraction of sp³-hybridized carbons (Fsp3) is 0.500. The standard InChI is InChI=1S/C16H20N2O3/c19-15(20)13-11-6-7-12(8-11)14(13)18-16(21)17-9-10-4-2-1-3-5-10/h1-5,11-14H,6-9H2,(H,19,20)(H2,17,18,21). The van der Waals surface area contributed by atoms with E-state index in [1.165, 1.54) is 0 Å². The summed E-state index contributed by atoms with van der Waals surface area (Å²) in [6, 6.07) is 9.16. The van der Waals surface area contributed by atoms with Crippen molar-refractivity contribution in [3.05, 3.63) is 35.9 Å². The summed E-state index contributed by atoms with van der Waals surface area (Å²) in [7, 11) is 0. The lowest BCUT2D eigenvalue weighted by Crippen LogP contribution is -2.50. The molecule has 5 nitrogen and oxygen atoms in total. The summed E-state index contributed by atoms with van der Waals surface area (Å²) < 4.78 is 0. The maximum absolute atomic E-state index is 12.0. The third-order valence-corrected chi connectivity index (χ3v) is 4.80. The fourth-order valence-electron chi connectivity index (χ4n) is 3.83. The SMILES string of the molecule is O=C(NCc1ccccc1)NC1C2CCC(C2)C1C(=O)O. The van der Waals surface area contributed by atoms with E-state index in [1.807, 2.05) is 30.3 Å². The Hall–Kier alpha value is -2.04. The monoisotopic (exact) mass is 288 g/mol. The van der Waals surface area contributed by atoms with Crippen LogP contribution in [0, 0.1) is 17.8 Å². The molecule has 2 aliphatic rings. The van der Waals surface area contributed by atoms with Gasteiger partial charge in [-0.3, -0.25) is 4.79 Å². The van der Waals surface area contributed by atoms with Gasteiger partial charge in [0.05, 0.1) is 5.92 Å². The van der Waals surface area contributed by atoms with Crippen molar-refractivity contribution < 1.29 is 14.7 Å². The van der Waals surface area contributed by atoms with Crippen LogP contribution < -0.4 is 10.6 Å². The molecule has 2 amide bonds. The topological polar surface area (TPSA) is 78.4 Å². The number of aliphatic carboxylic acids is 1. The largest absolute Gasteiger partial charge is 0.481 e. The molecule has 2 bridgehead atoms. The number of benzene rings is 1. The van der Waals surface area contributed by atoms with Crippen molar-refractivity contribution in [1.82, 2.24) is 10.6 Å². The molecule has 0 heterocycles. The van der Waals surface area contributed by atoms with Crippen molar-refractivity contribution in [2.75, 3.05) is 0 Å². The number of hydrogen-bond donors (Lipinski definition) is 3. The van der Waals surface area contributed by atoms with Crippen molar-refractivity contribution >= 4 is 12.0 Å². The Kier molecular flexibility index (Phi) is 3.82. The van der Waals surface area contributed by atoms with Gasteiger partial charge < -0.3 is 15.7 Å². The molecule has 4 atom stereocenters. The highest BCUT2D eigenvalue weighted by Gasteiger charge is 2.51. The van der Waals surface area contributed by atoms with Crippen molar-refractivity contribution in [2.24, 2.45) is 17.8 Å². The summed E-state index contributed by atoms with van der Waals surface area (Å²) in [6.45, 7) is 0.450. The number of rotatable bonds is 4. The Morgan fingerprint density at radius 3 is 2.57 bits per heavy atom. The van der Waals surface area contributed by atoms with Gasteiger partial charge in [-0.05, 0) is 36.7 Å². The smallest absolute Gasteiger partial charge is 0.315 e. The molecule has 1 aromatic rings. The highest BCUT2D eigenvalue weighted by atomic mass is 16.4. The van der Waals surface area contributed by atoms with Crippen LogP contribution in [-0.2, 0) is 11.3 Å². The second kappa shape index (κ2) is 5.76. The zero-order valence-corrected chi connectivity index (χ0v) is 11.8. The van der Waals surface area contributed by atoms with Crippen molar-refractivity contribution in [3.63, 3.8) is 0 Å². The van der Waals surface area contributed by atoms with Crippen LogP contribution in [0.4, 0.5) is 4.79 Å². The van der Waals surface area contributed by atoms with E-state index in [4.69, 9.17) is 0 Å². The molecule has 2 saturated carbocycles. The van der Waals surface area contributed by atoms with E-state index in [1.54, 1.807) is 0 Å². The van der Waals surface area contributed by atoms with Crippen LogP contribution in [0.15, 0.2) is 30.3 Å². The number of carboxylic acids is 1. The lowest BCUT2D eigenvalue weighted by atomic mass is 9.84. The molecule has 3 rings (SSSR count). The van der Waals surface area contributed by atoms with Gasteiger partial charge in [0.1, 0.15) is 0 Å². The van der Waals surface area contributed by atoms with Gasteiger partial charge in [-0.15, -0.1) is 0 Å². The number of carbonyl (C=O) groups is 2. The van der Waals surface area contributed by atoms with Gasteiger partial charge in [0.25, 0.3) is 0 Å². The first kappa shape index (κ1) is 13.9. The Bertz CT molecular complexity index is 532. The minimum Gasteiger partial charge on any atom is -0.481 e. The van der Waals surface area contributed by atoms with E-state index >= 15 is 0 Å². The molecule has 0 saturated heterocycles. The average Bonchev–Trinajstić information content (AvgIpc) is 3.07. The summed E-state index contributed by atoms with van der Waals surface area (Å²) in [5, 5.41) is 15.0. The summed E-state index contributed by atoms with van der Waals surface area (Å²) in [5.41, 5.74) is 1.02. The number of fused-ring (bicyclic) bond motifs is 2. The van der Waals surface area contributed by atoms with Gasteiger partial charge in [0.2, 0.25) is 0 Å². The Morgan fingerprint density at radius 1 is 1.14 bits per heavy atom. The molecular weight excluding hydrogens is 268 g/mol. The number of urea groups is 1. The minimum atomic E-state index is -0.782. The molecule has 0 radical (unpaired) electrons. The van der Waals surface area contributed by atoms with Crippen LogP contribution in [0.1, 0.15) is 24.8 Å². The number of carbonyl (C=O) groups excluding carboxylic acids is 1. The normalized spacial score (nSPS) is 30.1. The summed E-state index contributed by atoms with van der Waals surface area (Å²) in [4.78, 5) is 23.4. The van der Waals surface area contributed by atoms with E-state index < -0.39 is 11.9 Å². The first-order valence-corrected chi connectivity index (χ1v) is 7.46. The van der Waals surface area contributed by atoms with Crippen LogP contribution in [0.3, 0.4) is 0 Å². The van der Waals surface area contributed by atoms with Gasteiger partial charge >= 0.3 is 12.0 Å². The molecule has 2 fully saturated rings. The molecule has 0 aliphatic heterocycles. The maximum Gasteiger partial charge on any atom is 0.315 e. The third-order valence-electron chi connectivity index (χ3n) is 4.80. The van der Waals surface area contributed by atoms with Crippen LogP contribution in [-0.4, -0.2) is 23.1 Å². The van der Waals surface area contributed by atoms with Crippen molar-refractivity contribution in [2.45, 2.75) is 31.8 Å². The van der Waals surface area contributed by atoms with Gasteiger partial charge in [-0.1, -0.05) is 30.3 Å². The van der Waals surface area contributed by atoms with E-state index in [2.05, 4.69) is 10.6 Å². The maximum atomic E-state index is 12.0. The van der Waals surface area contributed by atoms with E-state index in [0.29, 0.717) is 12.5 Å². The van der Waals surface area contributed by atoms with Gasteiger partial charge in [0, 0.05) is 12.6 Å².